The highest BCUT2D eigenvalue weighted by Gasteiger charge is 2.32. The van der Waals surface area contributed by atoms with Crippen LogP contribution in [-0.2, 0) is 0 Å². The van der Waals surface area contributed by atoms with E-state index in [1.807, 2.05) is 12.1 Å². The van der Waals surface area contributed by atoms with Gasteiger partial charge in [0, 0.05) is 23.0 Å². The van der Waals surface area contributed by atoms with Crippen LogP contribution in [0.3, 0.4) is 0 Å². The van der Waals surface area contributed by atoms with E-state index in [1.165, 1.54) is 13.3 Å². The molecule has 0 spiro atoms. The van der Waals surface area contributed by atoms with Crippen LogP contribution in [0.1, 0.15) is 30.6 Å². The molecule has 1 aromatic rings. The van der Waals surface area contributed by atoms with E-state index in [9.17, 15) is 4.79 Å². The SMILES string of the molecule is CC(=O)c1cc(NC2CC2C)ccc1N. The van der Waals surface area contributed by atoms with Crippen LogP contribution in [0.25, 0.3) is 0 Å². The maximum Gasteiger partial charge on any atom is 0.161 e. The number of hydrogen-bond donors (Lipinski definition) is 2. The number of carbonyl (C=O) groups excluding carboxylic acids is 1. The average molecular weight is 204 g/mol. The molecule has 0 heterocycles. The Bertz CT molecular complexity index is 401. The third-order valence-electron chi connectivity index (χ3n) is 2.89. The second-order valence-electron chi connectivity index (χ2n) is 4.32. The van der Waals surface area contributed by atoms with Gasteiger partial charge < -0.3 is 11.1 Å². The zero-order chi connectivity index (χ0) is 11.0. The first-order chi connectivity index (χ1) is 7.08. The first-order valence-corrected chi connectivity index (χ1v) is 5.25. The minimum Gasteiger partial charge on any atom is -0.398 e. The number of anilines is 2. The Labute approximate surface area is 89.7 Å². The lowest BCUT2D eigenvalue weighted by molar-refractivity contribution is 0.101. The first-order valence-electron chi connectivity index (χ1n) is 5.25. The number of ketones is 1. The van der Waals surface area contributed by atoms with Crippen molar-refractivity contribution in [3.8, 4) is 0 Å². The molecular weight excluding hydrogens is 188 g/mol. The molecule has 1 fully saturated rings. The Kier molecular flexibility index (Phi) is 2.39. The lowest BCUT2D eigenvalue weighted by atomic mass is 10.1. The summed E-state index contributed by atoms with van der Waals surface area (Å²) in [5.41, 5.74) is 7.86. The van der Waals surface area contributed by atoms with Gasteiger partial charge in [-0.1, -0.05) is 6.92 Å². The van der Waals surface area contributed by atoms with Gasteiger partial charge >= 0.3 is 0 Å². The zero-order valence-corrected chi connectivity index (χ0v) is 9.08. The van der Waals surface area contributed by atoms with Gasteiger partial charge in [-0.15, -0.1) is 0 Å². The summed E-state index contributed by atoms with van der Waals surface area (Å²) in [6, 6.07) is 6.11. The maximum absolute atomic E-state index is 11.3. The fourth-order valence-electron chi connectivity index (χ4n) is 1.69. The van der Waals surface area contributed by atoms with Gasteiger partial charge in [0.1, 0.15) is 0 Å². The number of carbonyl (C=O) groups is 1. The zero-order valence-electron chi connectivity index (χ0n) is 9.08. The number of nitrogens with one attached hydrogen (secondary N) is 1. The van der Waals surface area contributed by atoms with Crippen LogP contribution in [0.2, 0.25) is 0 Å². The molecular formula is C12H16N2O. The first kappa shape index (κ1) is 10.0. The van der Waals surface area contributed by atoms with E-state index in [2.05, 4.69) is 12.2 Å². The van der Waals surface area contributed by atoms with Gasteiger partial charge in [-0.3, -0.25) is 4.79 Å². The number of Topliss-reactive ketones (excluding diaryl/α,β-unsaturated/α-hetero) is 1. The van der Waals surface area contributed by atoms with E-state index in [0.717, 1.165) is 11.6 Å². The fourth-order valence-corrected chi connectivity index (χ4v) is 1.69. The largest absolute Gasteiger partial charge is 0.398 e. The number of nitrogen functional groups attached to an aromatic ring is 1. The minimum absolute atomic E-state index is 0.0139. The molecule has 0 bridgehead atoms. The molecule has 1 aliphatic carbocycles. The van der Waals surface area contributed by atoms with Crippen LogP contribution in [0.4, 0.5) is 11.4 Å². The normalized spacial score (nSPS) is 23.6. The quantitative estimate of drug-likeness (QED) is 0.586. The molecule has 3 N–H and O–H groups in total. The Hall–Kier alpha value is -1.51. The van der Waals surface area contributed by atoms with Crippen molar-refractivity contribution in [2.75, 3.05) is 11.1 Å². The summed E-state index contributed by atoms with van der Waals surface area (Å²) in [7, 11) is 0. The third kappa shape index (κ3) is 2.12. The predicted octanol–water partition coefficient (Wildman–Crippen LogP) is 2.29. The van der Waals surface area contributed by atoms with E-state index in [4.69, 9.17) is 5.73 Å². The van der Waals surface area contributed by atoms with Gasteiger partial charge in [-0.25, -0.2) is 0 Å². The monoisotopic (exact) mass is 204 g/mol. The van der Waals surface area contributed by atoms with Gasteiger partial charge in [-0.2, -0.15) is 0 Å². The van der Waals surface area contributed by atoms with Crippen molar-refractivity contribution >= 4 is 17.2 Å². The molecule has 15 heavy (non-hydrogen) atoms. The van der Waals surface area contributed by atoms with Gasteiger partial charge in [0.2, 0.25) is 0 Å². The summed E-state index contributed by atoms with van der Waals surface area (Å²) in [6.45, 7) is 3.75. The number of rotatable bonds is 3. The fraction of sp³-hybridized carbons (Fsp3) is 0.417. The summed E-state index contributed by atoms with van der Waals surface area (Å²) in [6.07, 6.45) is 1.21. The molecule has 2 atom stereocenters. The Morgan fingerprint density at radius 2 is 2.20 bits per heavy atom. The van der Waals surface area contributed by atoms with E-state index in [1.54, 1.807) is 6.07 Å². The highest BCUT2D eigenvalue weighted by molar-refractivity contribution is 6.00. The Morgan fingerprint density at radius 3 is 2.73 bits per heavy atom. The van der Waals surface area contributed by atoms with E-state index in [-0.39, 0.29) is 5.78 Å². The smallest absolute Gasteiger partial charge is 0.161 e. The van der Waals surface area contributed by atoms with Crippen LogP contribution in [0.15, 0.2) is 18.2 Å². The summed E-state index contributed by atoms with van der Waals surface area (Å²) in [4.78, 5) is 11.3. The van der Waals surface area contributed by atoms with Crippen LogP contribution in [-0.4, -0.2) is 11.8 Å². The van der Waals surface area contributed by atoms with Gasteiger partial charge in [0.15, 0.2) is 5.78 Å². The third-order valence-corrected chi connectivity index (χ3v) is 2.89. The van der Waals surface area contributed by atoms with Crippen molar-refractivity contribution < 1.29 is 4.79 Å². The van der Waals surface area contributed by atoms with Crippen molar-refractivity contribution in [2.45, 2.75) is 26.3 Å². The second-order valence-corrected chi connectivity index (χ2v) is 4.32. The van der Waals surface area contributed by atoms with Gasteiger partial charge in [0.25, 0.3) is 0 Å². The van der Waals surface area contributed by atoms with Crippen molar-refractivity contribution in [3.63, 3.8) is 0 Å². The van der Waals surface area contributed by atoms with Gasteiger partial charge in [0.05, 0.1) is 0 Å². The second kappa shape index (κ2) is 3.57. The Morgan fingerprint density at radius 1 is 1.53 bits per heavy atom. The molecule has 1 aromatic carbocycles. The lowest BCUT2D eigenvalue weighted by Gasteiger charge is -2.08. The maximum atomic E-state index is 11.3. The highest BCUT2D eigenvalue weighted by Crippen LogP contribution is 2.33. The van der Waals surface area contributed by atoms with E-state index in [0.29, 0.717) is 17.3 Å². The summed E-state index contributed by atoms with van der Waals surface area (Å²) in [5.74, 6) is 0.753. The highest BCUT2D eigenvalue weighted by atomic mass is 16.1. The van der Waals surface area contributed by atoms with Crippen molar-refractivity contribution in [2.24, 2.45) is 5.92 Å². The number of hydrogen-bond acceptors (Lipinski definition) is 3. The molecule has 80 valence electrons. The van der Waals surface area contributed by atoms with E-state index < -0.39 is 0 Å². The standard InChI is InChI=1S/C12H16N2O/c1-7-5-12(7)14-9-3-4-11(13)10(6-9)8(2)15/h3-4,6-7,12,14H,5,13H2,1-2H3. The van der Waals surface area contributed by atoms with Crippen LogP contribution in [0.5, 0.6) is 0 Å². The van der Waals surface area contributed by atoms with Crippen molar-refractivity contribution in [1.29, 1.82) is 0 Å². The molecule has 3 heteroatoms. The molecule has 3 nitrogen and oxygen atoms in total. The molecule has 0 amide bonds. The molecule has 0 radical (unpaired) electrons. The summed E-state index contributed by atoms with van der Waals surface area (Å²) in [5, 5.41) is 3.38. The van der Waals surface area contributed by atoms with Crippen molar-refractivity contribution in [3.05, 3.63) is 23.8 Å². The van der Waals surface area contributed by atoms with E-state index >= 15 is 0 Å². The molecule has 0 aromatic heterocycles. The minimum atomic E-state index is 0.0139. The summed E-state index contributed by atoms with van der Waals surface area (Å²) < 4.78 is 0. The van der Waals surface area contributed by atoms with Crippen LogP contribution >= 0.6 is 0 Å². The van der Waals surface area contributed by atoms with Crippen LogP contribution < -0.4 is 11.1 Å². The predicted molar refractivity (Wildman–Crippen MR) is 62.1 cm³/mol. The molecule has 1 saturated carbocycles. The van der Waals surface area contributed by atoms with Crippen molar-refractivity contribution in [1.82, 2.24) is 0 Å². The molecule has 0 saturated heterocycles. The summed E-state index contributed by atoms with van der Waals surface area (Å²) >= 11 is 0. The number of nitrogens with two attached hydrogens (primary N) is 1. The average Bonchev–Trinajstić information content (AvgIpc) is 2.85. The number of benzene rings is 1. The molecule has 0 aliphatic heterocycles. The molecule has 1 aliphatic rings. The molecule has 2 rings (SSSR count). The topological polar surface area (TPSA) is 55.1 Å². The van der Waals surface area contributed by atoms with Crippen LogP contribution in [0, 0.1) is 5.92 Å². The molecule has 2 unspecified atom stereocenters. The Balaban J connectivity index is 2.18. The van der Waals surface area contributed by atoms with Gasteiger partial charge in [-0.05, 0) is 37.5 Å². The lowest BCUT2D eigenvalue weighted by Crippen LogP contribution is -2.06.